The second-order valence-corrected chi connectivity index (χ2v) is 6.72. The molecule has 0 aliphatic heterocycles. The van der Waals surface area contributed by atoms with Crippen molar-refractivity contribution in [2.45, 2.75) is 12.1 Å². The van der Waals surface area contributed by atoms with E-state index in [-0.39, 0.29) is 4.91 Å². The van der Waals surface area contributed by atoms with Crippen LogP contribution in [0, 0.1) is 6.92 Å². The molecule has 0 saturated heterocycles. The minimum Gasteiger partial charge on any atom is -0.477 e. The molecule has 2 aromatic heterocycles. The van der Waals surface area contributed by atoms with Gasteiger partial charge in [0.2, 0.25) is 5.16 Å². The normalized spacial score (nSPS) is 11.7. The van der Waals surface area contributed by atoms with Crippen molar-refractivity contribution >= 4 is 47.0 Å². The van der Waals surface area contributed by atoms with Crippen LogP contribution in [-0.2, 0) is 4.79 Å². The van der Waals surface area contributed by atoms with Crippen LogP contribution in [0.5, 0.6) is 0 Å². The standard InChI is InChI=1S/C16H11Cl2N3O3S/c1-8-19-16(21-20-8)25-13(15(22)23)7-9-5-6-12(24-9)10-3-2-4-11(17)14(10)18/h2-7H,1H3,(H,22,23)(H,19,20,21). The van der Waals surface area contributed by atoms with Gasteiger partial charge in [-0.1, -0.05) is 29.3 Å². The molecule has 3 rings (SSSR count). The number of thioether (sulfide) groups is 1. The summed E-state index contributed by atoms with van der Waals surface area (Å²) in [6.45, 7) is 1.73. The minimum absolute atomic E-state index is 0.0251. The number of carboxylic acids is 1. The second-order valence-electron chi connectivity index (χ2n) is 4.92. The highest BCUT2D eigenvalue weighted by Crippen LogP contribution is 2.35. The number of aromatic nitrogens is 3. The number of aliphatic carboxylic acids is 1. The number of carbonyl (C=O) groups is 1. The first-order chi connectivity index (χ1) is 11.9. The molecule has 128 valence electrons. The van der Waals surface area contributed by atoms with Crippen LogP contribution in [0.2, 0.25) is 10.0 Å². The molecule has 0 atom stereocenters. The Morgan fingerprint density at radius 1 is 1.32 bits per heavy atom. The smallest absolute Gasteiger partial charge is 0.342 e. The molecule has 2 N–H and O–H groups in total. The van der Waals surface area contributed by atoms with Crippen LogP contribution >= 0.6 is 35.0 Å². The van der Waals surface area contributed by atoms with Gasteiger partial charge in [0.1, 0.15) is 22.3 Å². The molecule has 1 aromatic carbocycles. The van der Waals surface area contributed by atoms with Crippen LogP contribution < -0.4 is 0 Å². The van der Waals surface area contributed by atoms with E-state index < -0.39 is 5.97 Å². The number of nitrogens with one attached hydrogen (secondary N) is 1. The predicted octanol–water partition coefficient (Wildman–Crippen LogP) is 4.90. The van der Waals surface area contributed by atoms with Gasteiger partial charge >= 0.3 is 5.97 Å². The van der Waals surface area contributed by atoms with Gasteiger partial charge in [-0.2, -0.15) is 0 Å². The van der Waals surface area contributed by atoms with E-state index >= 15 is 0 Å². The highest BCUT2D eigenvalue weighted by molar-refractivity contribution is 8.04. The van der Waals surface area contributed by atoms with Crippen molar-refractivity contribution < 1.29 is 14.3 Å². The van der Waals surface area contributed by atoms with Crippen LogP contribution in [0.1, 0.15) is 11.6 Å². The quantitative estimate of drug-likeness (QED) is 0.471. The molecule has 2 heterocycles. The first kappa shape index (κ1) is 17.6. The minimum atomic E-state index is -1.11. The third kappa shape index (κ3) is 4.07. The zero-order chi connectivity index (χ0) is 18.0. The summed E-state index contributed by atoms with van der Waals surface area (Å²) < 4.78 is 5.68. The average molecular weight is 396 g/mol. The van der Waals surface area contributed by atoms with Gasteiger partial charge in [0, 0.05) is 11.6 Å². The van der Waals surface area contributed by atoms with Gasteiger partial charge < -0.3 is 9.52 Å². The number of benzene rings is 1. The molecule has 9 heteroatoms. The van der Waals surface area contributed by atoms with E-state index in [1.165, 1.54) is 6.08 Å². The zero-order valence-corrected chi connectivity index (χ0v) is 15.1. The molecule has 25 heavy (non-hydrogen) atoms. The Morgan fingerprint density at radius 3 is 2.80 bits per heavy atom. The molecule has 0 fully saturated rings. The fourth-order valence-electron chi connectivity index (χ4n) is 2.00. The number of aromatic amines is 1. The number of hydrogen-bond donors (Lipinski definition) is 2. The number of furan rings is 1. The molecular weight excluding hydrogens is 385 g/mol. The molecule has 3 aromatic rings. The Bertz CT molecular complexity index is 965. The Hall–Kier alpha value is -2.22. The Labute approximate surface area is 156 Å². The van der Waals surface area contributed by atoms with Gasteiger partial charge in [-0.15, -0.1) is 5.10 Å². The lowest BCUT2D eigenvalue weighted by Gasteiger charge is -2.02. The van der Waals surface area contributed by atoms with Crippen molar-refractivity contribution in [3.05, 3.63) is 56.9 Å². The van der Waals surface area contributed by atoms with E-state index in [2.05, 4.69) is 15.2 Å². The van der Waals surface area contributed by atoms with Gasteiger partial charge in [-0.05, 0) is 43.0 Å². The molecule has 0 aliphatic rings. The lowest BCUT2D eigenvalue weighted by atomic mass is 10.2. The van der Waals surface area contributed by atoms with Crippen LogP contribution in [-0.4, -0.2) is 26.3 Å². The van der Waals surface area contributed by atoms with Crippen molar-refractivity contribution in [3.63, 3.8) is 0 Å². The van der Waals surface area contributed by atoms with E-state index in [9.17, 15) is 9.90 Å². The van der Waals surface area contributed by atoms with Gasteiger partial charge in [0.25, 0.3) is 0 Å². The number of nitrogens with zero attached hydrogens (tertiary/aromatic N) is 2. The van der Waals surface area contributed by atoms with Crippen LogP contribution in [0.3, 0.4) is 0 Å². The molecular formula is C16H11Cl2N3O3S. The van der Waals surface area contributed by atoms with E-state index in [1.54, 1.807) is 37.3 Å². The summed E-state index contributed by atoms with van der Waals surface area (Å²) in [6.07, 6.45) is 1.40. The second kappa shape index (κ2) is 7.35. The highest BCUT2D eigenvalue weighted by Gasteiger charge is 2.15. The number of aryl methyl sites for hydroxylation is 1. The Morgan fingerprint density at radius 2 is 2.12 bits per heavy atom. The highest BCUT2D eigenvalue weighted by atomic mass is 35.5. The first-order valence-corrected chi connectivity index (χ1v) is 8.57. The maximum atomic E-state index is 11.5. The van der Waals surface area contributed by atoms with Crippen molar-refractivity contribution in [2.75, 3.05) is 0 Å². The third-order valence-corrected chi connectivity index (χ3v) is 4.80. The van der Waals surface area contributed by atoms with Crippen LogP contribution in [0.15, 0.2) is 44.8 Å². The number of rotatable bonds is 5. The van der Waals surface area contributed by atoms with Crippen molar-refractivity contribution in [3.8, 4) is 11.3 Å². The maximum absolute atomic E-state index is 11.5. The summed E-state index contributed by atoms with van der Waals surface area (Å²) in [5.74, 6) is 0.347. The lowest BCUT2D eigenvalue weighted by molar-refractivity contribution is -0.131. The topological polar surface area (TPSA) is 92.0 Å². The van der Waals surface area contributed by atoms with Gasteiger partial charge in [0.05, 0.1) is 10.0 Å². The Kier molecular flexibility index (Phi) is 5.17. The molecule has 0 spiro atoms. The number of H-pyrrole nitrogens is 1. The lowest BCUT2D eigenvalue weighted by Crippen LogP contribution is -1.97. The van der Waals surface area contributed by atoms with Crippen LogP contribution in [0.4, 0.5) is 0 Å². The zero-order valence-electron chi connectivity index (χ0n) is 12.8. The molecule has 0 radical (unpaired) electrons. The van der Waals surface area contributed by atoms with Crippen LogP contribution in [0.25, 0.3) is 17.4 Å². The van der Waals surface area contributed by atoms with Crippen molar-refractivity contribution in [1.82, 2.24) is 15.2 Å². The van der Waals surface area contributed by atoms with Gasteiger partial charge in [0.15, 0.2) is 0 Å². The SMILES string of the molecule is Cc1nc(SC(=Cc2ccc(-c3cccc(Cl)c3Cl)o2)C(=O)O)n[nH]1. The number of hydrogen-bond acceptors (Lipinski definition) is 5. The first-order valence-electron chi connectivity index (χ1n) is 7.00. The fourth-order valence-corrected chi connectivity index (χ4v) is 3.13. The number of carboxylic acid groups (broad SMARTS) is 1. The summed E-state index contributed by atoms with van der Waals surface area (Å²) in [6, 6.07) is 8.55. The molecule has 0 saturated carbocycles. The summed E-state index contributed by atoms with van der Waals surface area (Å²) in [4.78, 5) is 15.6. The monoisotopic (exact) mass is 395 g/mol. The van der Waals surface area contributed by atoms with Crippen molar-refractivity contribution in [2.24, 2.45) is 0 Å². The summed E-state index contributed by atoms with van der Waals surface area (Å²) in [5.41, 5.74) is 0.628. The Balaban J connectivity index is 1.90. The van der Waals surface area contributed by atoms with Gasteiger partial charge in [-0.25, -0.2) is 9.78 Å². The average Bonchev–Trinajstić information content (AvgIpc) is 3.18. The molecule has 0 aliphatic carbocycles. The van der Waals surface area contributed by atoms with E-state index in [1.807, 2.05) is 0 Å². The largest absolute Gasteiger partial charge is 0.477 e. The molecule has 0 amide bonds. The van der Waals surface area contributed by atoms with E-state index in [4.69, 9.17) is 27.6 Å². The fraction of sp³-hybridized carbons (Fsp3) is 0.0625. The maximum Gasteiger partial charge on any atom is 0.342 e. The number of halogens is 2. The van der Waals surface area contributed by atoms with E-state index in [0.717, 1.165) is 11.8 Å². The van der Waals surface area contributed by atoms with Crippen molar-refractivity contribution in [1.29, 1.82) is 0 Å². The predicted molar refractivity (Wildman–Crippen MR) is 96.8 cm³/mol. The molecule has 0 bridgehead atoms. The summed E-state index contributed by atoms with van der Waals surface area (Å²) in [7, 11) is 0. The molecule has 6 nitrogen and oxygen atoms in total. The third-order valence-electron chi connectivity index (χ3n) is 3.11. The summed E-state index contributed by atoms with van der Waals surface area (Å²) >= 11 is 13.1. The summed E-state index contributed by atoms with van der Waals surface area (Å²) in [5, 5.41) is 17.0. The van der Waals surface area contributed by atoms with Gasteiger partial charge in [-0.3, -0.25) is 5.10 Å². The van der Waals surface area contributed by atoms with E-state index in [0.29, 0.717) is 38.1 Å². The molecule has 0 unspecified atom stereocenters.